The van der Waals surface area contributed by atoms with Gasteiger partial charge in [0.25, 0.3) is 0 Å². The van der Waals surface area contributed by atoms with Crippen molar-refractivity contribution in [3.8, 4) is 6.07 Å². The smallest absolute Gasteiger partial charge is 0.244 e. The van der Waals surface area contributed by atoms with Crippen molar-refractivity contribution in [2.45, 2.75) is 0 Å². The molecule has 0 unspecified atom stereocenters. The van der Waals surface area contributed by atoms with Crippen LogP contribution in [0.4, 0.5) is 5.69 Å². The molecular weight excluding hydrogens is 280 g/mol. The Balaban J connectivity index is 3.04. The fourth-order valence-electron chi connectivity index (χ4n) is 0.980. The van der Waals surface area contributed by atoms with Gasteiger partial charge in [0.15, 0.2) is 0 Å². The molecule has 0 aliphatic carbocycles. The number of benzene rings is 1. The maximum absolute atomic E-state index is 11.5. The van der Waals surface area contributed by atoms with Gasteiger partial charge in [-0.25, -0.2) is 8.42 Å². The molecule has 0 N–H and O–H groups in total. The zero-order chi connectivity index (χ0) is 11.5. The van der Waals surface area contributed by atoms with Gasteiger partial charge in [0.05, 0.1) is 17.3 Å². The van der Waals surface area contributed by atoms with Gasteiger partial charge in [0.2, 0.25) is 10.0 Å². The highest BCUT2D eigenvalue weighted by Gasteiger charge is 2.16. The first-order valence-corrected chi connectivity index (χ1v) is 6.77. The first kappa shape index (κ1) is 12.0. The summed E-state index contributed by atoms with van der Waals surface area (Å²) < 4.78 is 24.0. The van der Waals surface area contributed by atoms with Crippen LogP contribution < -0.4 is 4.31 Å². The van der Waals surface area contributed by atoms with Crippen LogP contribution in [0.15, 0.2) is 24.3 Å². The van der Waals surface area contributed by atoms with E-state index in [2.05, 4.69) is 15.9 Å². The molecule has 6 heteroatoms. The Morgan fingerprint density at radius 3 is 2.33 bits per heavy atom. The lowest BCUT2D eigenvalue weighted by atomic mass is 10.2. The van der Waals surface area contributed by atoms with E-state index in [1.54, 1.807) is 24.3 Å². The van der Waals surface area contributed by atoms with E-state index in [0.717, 1.165) is 0 Å². The molecule has 1 aromatic carbocycles. The Kier molecular flexibility index (Phi) is 3.72. The molecule has 15 heavy (non-hydrogen) atoms. The molecule has 1 aromatic rings. The van der Waals surface area contributed by atoms with Crippen molar-refractivity contribution in [2.24, 2.45) is 0 Å². The SMILES string of the molecule is CN(c1ccc(C#N)cc1)S(=O)(=O)CBr. The summed E-state index contributed by atoms with van der Waals surface area (Å²) in [6.07, 6.45) is 0. The standard InChI is InChI=1S/C9H9BrN2O2S/c1-12(15(13,14)7-10)9-4-2-8(6-11)3-5-9/h2-5H,7H2,1H3. The number of halogens is 1. The molecule has 0 spiro atoms. The number of rotatable bonds is 3. The lowest BCUT2D eigenvalue weighted by Crippen LogP contribution is -2.26. The number of alkyl halides is 1. The van der Waals surface area contributed by atoms with Crippen molar-refractivity contribution in [1.82, 2.24) is 0 Å². The van der Waals surface area contributed by atoms with Crippen molar-refractivity contribution in [2.75, 3.05) is 16.0 Å². The van der Waals surface area contributed by atoms with E-state index < -0.39 is 10.0 Å². The van der Waals surface area contributed by atoms with Gasteiger partial charge in [0.1, 0.15) is 4.66 Å². The third-order valence-electron chi connectivity index (χ3n) is 1.92. The zero-order valence-electron chi connectivity index (χ0n) is 8.01. The van der Waals surface area contributed by atoms with Gasteiger partial charge in [-0.3, -0.25) is 4.31 Å². The molecule has 0 radical (unpaired) electrons. The topological polar surface area (TPSA) is 61.2 Å². The summed E-state index contributed by atoms with van der Waals surface area (Å²) >= 11 is 2.91. The van der Waals surface area contributed by atoms with E-state index in [0.29, 0.717) is 11.3 Å². The quantitative estimate of drug-likeness (QED) is 0.795. The number of hydrogen-bond acceptors (Lipinski definition) is 3. The third kappa shape index (κ3) is 2.70. The van der Waals surface area contributed by atoms with Crippen LogP contribution in [0.3, 0.4) is 0 Å². The van der Waals surface area contributed by atoms with Crippen molar-refractivity contribution < 1.29 is 8.42 Å². The predicted octanol–water partition coefficient (Wildman–Crippen LogP) is 1.68. The van der Waals surface area contributed by atoms with E-state index in [-0.39, 0.29) is 4.66 Å². The van der Waals surface area contributed by atoms with E-state index in [1.807, 2.05) is 6.07 Å². The molecule has 1 rings (SSSR count). The normalized spacial score (nSPS) is 10.7. The van der Waals surface area contributed by atoms with Crippen LogP contribution >= 0.6 is 15.9 Å². The summed E-state index contributed by atoms with van der Waals surface area (Å²) in [4.78, 5) is 0. The molecule has 0 aliphatic heterocycles. The molecule has 80 valence electrons. The Bertz CT molecular complexity index is 476. The lowest BCUT2D eigenvalue weighted by molar-refractivity contribution is 0.599. The minimum absolute atomic E-state index is 0.128. The minimum Gasteiger partial charge on any atom is -0.273 e. The van der Waals surface area contributed by atoms with Gasteiger partial charge in [-0.15, -0.1) is 0 Å². The maximum atomic E-state index is 11.5. The van der Waals surface area contributed by atoms with E-state index in [9.17, 15) is 8.42 Å². The number of nitriles is 1. The monoisotopic (exact) mass is 288 g/mol. The largest absolute Gasteiger partial charge is 0.273 e. The van der Waals surface area contributed by atoms with Gasteiger partial charge in [-0.05, 0) is 24.3 Å². The van der Waals surface area contributed by atoms with Gasteiger partial charge in [-0.2, -0.15) is 5.26 Å². The number of anilines is 1. The molecule has 0 bridgehead atoms. The predicted molar refractivity (Wildman–Crippen MR) is 62.3 cm³/mol. The number of hydrogen-bond donors (Lipinski definition) is 0. The molecule has 0 amide bonds. The Labute approximate surface area is 97.3 Å². The second-order valence-corrected chi connectivity index (χ2v) is 6.15. The fraction of sp³-hybridized carbons (Fsp3) is 0.222. The first-order valence-electron chi connectivity index (χ1n) is 4.04. The van der Waals surface area contributed by atoms with Gasteiger partial charge >= 0.3 is 0 Å². The molecule has 0 aliphatic rings. The second kappa shape index (κ2) is 4.64. The number of sulfonamides is 1. The summed E-state index contributed by atoms with van der Waals surface area (Å²) in [5, 5.41) is 8.58. The first-order chi connectivity index (χ1) is 7.01. The van der Waals surface area contributed by atoms with E-state index >= 15 is 0 Å². The Morgan fingerprint density at radius 1 is 1.40 bits per heavy atom. The van der Waals surface area contributed by atoms with Crippen LogP contribution in [0.5, 0.6) is 0 Å². The van der Waals surface area contributed by atoms with Crippen LogP contribution in [0.25, 0.3) is 0 Å². The summed E-state index contributed by atoms with van der Waals surface area (Å²) in [7, 11) is -1.83. The van der Waals surface area contributed by atoms with Crippen LogP contribution in [0, 0.1) is 11.3 Å². The fourth-order valence-corrected chi connectivity index (χ4v) is 2.49. The molecule has 0 fully saturated rings. The highest BCUT2D eigenvalue weighted by atomic mass is 79.9. The maximum Gasteiger partial charge on any atom is 0.244 e. The molecule has 0 heterocycles. The Hall–Kier alpha value is -1.06. The second-order valence-electron chi connectivity index (χ2n) is 2.85. The molecule has 0 atom stereocenters. The third-order valence-corrected chi connectivity index (χ3v) is 4.97. The molecule has 0 saturated carbocycles. The highest BCUT2D eigenvalue weighted by Crippen LogP contribution is 2.17. The van der Waals surface area contributed by atoms with Crippen LogP contribution in [-0.4, -0.2) is 20.1 Å². The summed E-state index contributed by atoms with van der Waals surface area (Å²) in [5.41, 5.74) is 1.04. The van der Waals surface area contributed by atoms with Crippen LogP contribution in [0.2, 0.25) is 0 Å². The highest BCUT2D eigenvalue weighted by molar-refractivity contribution is 9.10. The van der Waals surface area contributed by atoms with E-state index in [4.69, 9.17) is 5.26 Å². The minimum atomic E-state index is -3.30. The summed E-state index contributed by atoms with van der Waals surface area (Å²) in [6, 6.07) is 8.32. The van der Waals surface area contributed by atoms with Gasteiger partial charge in [0, 0.05) is 7.05 Å². The summed E-state index contributed by atoms with van der Waals surface area (Å²) in [5.74, 6) is 0. The Morgan fingerprint density at radius 2 is 1.93 bits per heavy atom. The molecule has 0 saturated heterocycles. The average molecular weight is 289 g/mol. The van der Waals surface area contributed by atoms with Crippen LogP contribution in [-0.2, 0) is 10.0 Å². The van der Waals surface area contributed by atoms with Crippen molar-refractivity contribution in [3.05, 3.63) is 29.8 Å². The lowest BCUT2D eigenvalue weighted by Gasteiger charge is -2.17. The molecule has 0 aromatic heterocycles. The van der Waals surface area contributed by atoms with Crippen molar-refractivity contribution in [1.29, 1.82) is 5.26 Å². The number of nitrogens with zero attached hydrogens (tertiary/aromatic N) is 2. The average Bonchev–Trinajstić information content (AvgIpc) is 2.28. The van der Waals surface area contributed by atoms with Crippen molar-refractivity contribution in [3.63, 3.8) is 0 Å². The van der Waals surface area contributed by atoms with Gasteiger partial charge < -0.3 is 0 Å². The molecular formula is C9H9BrN2O2S. The molecule has 4 nitrogen and oxygen atoms in total. The zero-order valence-corrected chi connectivity index (χ0v) is 10.4. The van der Waals surface area contributed by atoms with Gasteiger partial charge in [-0.1, -0.05) is 15.9 Å². The van der Waals surface area contributed by atoms with Crippen LogP contribution in [0.1, 0.15) is 5.56 Å². The van der Waals surface area contributed by atoms with Crippen molar-refractivity contribution >= 4 is 31.6 Å². The van der Waals surface area contributed by atoms with E-state index in [1.165, 1.54) is 11.4 Å². The summed E-state index contributed by atoms with van der Waals surface area (Å²) in [6.45, 7) is 0.